The third kappa shape index (κ3) is 2.73. The second-order valence-corrected chi connectivity index (χ2v) is 5.58. The van der Waals surface area contributed by atoms with Crippen molar-refractivity contribution in [3.63, 3.8) is 0 Å². The maximum atomic E-state index is 4.66. The zero-order valence-electron chi connectivity index (χ0n) is 12.2. The maximum absolute atomic E-state index is 4.66. The number of benzene rings is 1. The number of nitrogens with zero attached hydrogens (tertiary/aromatic N) is 2. The fourth-order valence-electron chi connectivity index (χ4n) is 2.90. The van der Waals surface area contributed by atoms with Crippen molar-refractivity contribution in [2.75, 3.05) is 13.1 Å². The summed E-state index contributed by atoms with van der Waals surface area (Å²) in [5, 5.41) is 3.46. The van der Waals surface area contributed by atoms with E-state index in [2.05, 4.69) is 52.5 Å². The molecule has 0 radical (unpaired) electrons. The van der Waals surface area contributed by atoms with Crippen molar-refractivity contribution < 1.29 is 0 Å². The van der Waals surface area contributed by atoms with Crippen molar-refractivity contribution in [3.05, 3.63) is 47.4 Å². The van der Waals surface area contributed by atoms with E-state index in [1.807, 2.05) is 6.92 Å². The Morgan fingerprint density at radius 2 is 2.00 bits per heavy atom. The van der Waals surface area contributed by atoms with E-state index in [0.717, 1.165) is 24.6 Å². The van der Waals surface area contributed by atoms with Crippen molar-refractivity contribution in [2.24, 2.45) is 0 Å². The van der Waals surface area contributed by atoms with Crippen molar-refractivity contribution in [3.8, 4) is 11.3 Å². The van der Waals surface area contributed by atoms with Crippen LogP contribution in [0.2, 0.25) is 0 Å². The van der Waals surface area contributed by atoms with Gasteiger partial charge in [-0.1, -0.05) is 24.3 Å². The van der Waals surface area contributed by atoms with Gasteiger partial charge >= 0.3 is 0 Å². The molecule has 3 rings (SSSR count). The molecule has 1 atom stereocenters. The van der Waals surface area contributed by atoms with E-state index < -0.39 is 0 Å². The first-order chi connectivity index (χ1) is 9.74. The molecule has 3 nitrogen and oxygen atoms in total. The molecule has 1 aliphatic rings. The monoisotopic (exact) mass is 267 g/mol. The molecule has 1 fully saturated rings. The van der Waals surface area contributed by atoms with E-state index in [1.54, 1.807) is 0 Å². The van der Waals surface area contributed by atoms with Gasteiger partial charge in [-0.2, -0.15) is 0 Å². The third-order valence-electron chi connectivity index (χ3n) is 3.99. The first-order valence-electron chi connectivity index (χ1n) is 7.36. The van der Waals surface area contributed by atoms with Crippen LogP contribution in [0.1, 0.15) is 35.8 Å². The van der Waals surface area contributed by atoms with Gasteiger partial charge in [0.05, 0.1) is 5.69 Å². The molecule has 2 aromatic rings. The third-order valence-corrected chi connectivity index (χ3v) is 3.99. The van der Waals surface area contributed by atoms with Gasteiger partial charge in [-0.05, 0) is 44.9 Å². The molecular weight excluding hydrogens is 246 g/mol. The Morgan fingerprint density at radius 1 is 1.15 bits per heavy atom. The van der Waals surface area contributed by atoms with Crippen LogP contribution in [0.4, 0.5) is 0 Å². The molecule has 1 aromatic heterocycles. The van der Waals surface area contributed by atoms with Gasteiger partial charge in [0.1, 0.15) is 5.82 Å². The van der Waals surface area contributed by atoms with Gasteiger partial charge in [0.25, 0.3) is 0 Å². The molecule has 1 saturated heterocycles. The minimum absolute atomic E-state index is 0.521. The summed E-state index contributed by atoms with van der Waals surface area (Å²) in [5.74, 6) is 1.39. The van der Waals surface area contributed by atoms with Crippen LogP contribution < -0.4 is 5.32 Å². The van der Waals surface area contributed by atoms with Gasteiger partial charge in [-0.3, -0.25) is 0 Å². The average Bonchev–Trinajstić information content (AvgIpc) is 2.48. The summed E-state index contributed by atoms with van der Waals surface area (Å²) < 4.78 is 0. The molecule has 0 aliphatic carbocycles. The lowest BCUT2D eigenvalue weighted by molar-refractivity contribution is 0.453. The molecule has 3 heteroatoms. The number of nitrogens with one attached hydrogen (secondary N) is 1. The molecule has 0 saturated carbocycles. The number of hydrogen-bond acceptors (Lipinski definition) is 3. The maximum Gasteiger partial charge on any atom is 0.126 e. The molecular formula is C17H21N3. The highest BCUT2D eigenvalue weighted by atomic mass is 14.9. The van der Waals surface area contributed by atoms with Gasteiger partial charge in [-0.25, -0.2) is 9.97 Å². The lowest BCUT2D eigenvalue weighted by Gasteiger charge is -2.23. The van der Waals surface area contributed by atoms with Gasteiger partial charge in [0.15, 0.2) is 0 Å². The molecule has 1 aliphatic heterocycles. The summed E-state index contributed by atoms with van der Waals surface area (Å²) >= 11 is 0. The summed E-state index contributed by atoms with van der Waals surface area (Å²) in [4.78, 5) is 9.29. The predicted octanol–water partition coefficient (Wildman–Crippen LogP) is 3.23. The largest absolute Gasteiger partial charge is 0.316 e. The first-order valence-corrected chi connectivity index (χ1v) is 7.36. The van der Waals surface area contributed by atoms with Crippen molar-refractivity contribution in [2.45, 2.75) is 32.6 Å². The SMILES string of the molecule is Cc1nc(-c2ccccc2C)cc([C@H]2CCCNC2)n1. The smallest absolute Gasteiger partial charge is 0.126 e. The molecule has 0 amide bonds. The van der Waals surface area contributed by atoms with Gasteiger partial charge in [0.2, 0.25) is 0 Å². The summed E-state index contributed by atoms with van der Waals surface area (Å²) in [7, 11) is 0. The number of hydrogen-bond donors (Lipinski definition) is 1. The molecule has 0 bridgehead atoms. The molecule has 20 heavy (non-hydrogen) atoms. The summed E-state index contributed by atoms with van der Waals surface area (Å²) in [6, 6.07) is 10.6. The summed E-state index contributed by atoms with van der Waals surface area (Å²) in [6.45, 7) is 6.28. The fraction of sp³-hybridized carbons (Fsp3) is 0.412. The number of aryl methyl sites for hydroxylation is 2. The number of aromatic nitrogens is 2. The Kier molecular flexibility index (Phi) is 3.79. The minimum atomic E-state index is 0.521. The Morgan fingerprint density at radius 3 is 2.75 bits per heavy atom. The lowest BCUT2D eigenvalue weighted by Crippen LogP contribution is -2.29. The van der Waals surface area contributed by atoms with Crippen LogP contribution >= 0.6 is 0 Å². The second-order valence-electron chi connectivity index (χ2n) is 5.58. The molecule has 2 heterocycles. The lowest BCUT2D eigenvalue weighted by atomic mass is 9.94. The highest BCUT2D eigenvalue weighted by Crippen LogP contribution is 2.27. The van der Waals surface area contributed by atoms with Crippen LogP contribution in [-0.2, 0) is 0 Å². The Bertz CT molecular complexity index is 601. The Labute approximate surface area is 120 Å². The number of piperidine rings is 1. The minimum Gasteiger partial charge on any atom is -0.316 e. The van der Waals surface area contributed by atoms with Crippen LogP contribution in [0.3, 0.4) is 0 Å². The Hall–Kier alpha value is -1.74. The van der Waals surface area contributed by atoms with Crippen LogP contribution in [0.15, 0.2) is 30.3 Å². The Balaban J connectivity index is 2.00. The predicted molar refractivity (Wildman–Crippen MR) is 81.8 cm³/mol. The van der Waals surface area contributed by atoms with E-state index in [4.69, 9.17) is 0 Å². The zero-order valence-corrected chi connectivity index (χ0v) is 12.2. The van der Waals surface area contributed by atoms with E-state index in [1.165, 1.54) is 29.7 Å². The van der Waals surface area contributed by atoms with Gasteiger partial charge in [-0.15, -0.1) is 0 Å². The second kappa shape index (κ2) is 5.71. The zero-order chi connectivity index (χ0) is 13.9. The quantitative estimate of drug-likeness (QED) is 0.907. The normalized spacial score (nSPS) is 19.0. The van der Waals surface area contributed by atoms with Crippen molar-refractivity contribution in [1.29, 1.82) is 0 Å². The summed E-state index contributed by atoms with van der Waals surface area (Å²) in [5.41, 5.74) is 4.71. The molecule has 1 aromatic carbocycles. The first kappa shape index (κ1) is 13.3. The standard InChI is InChI=1S/C17H21N3/c1-12-6-3-4-8-15(12)17-10-16(19-13(2)20-17)14-7-5-9-18-11-14/h3-4,6,8,10,14,18H,5,7,9,11H2,1-2H3/t14-/m0/s1. The van der Waals surface area contributed by atoms with Crippen LogP contribution in [0.25, 0.3) is 11.3 Å². The highest BCUT2D eigenvalue weighted by Gasteiger charge is 2.18. The molecule has 0 spiro atoms. The van der Waals surface area contributed by atoms with Crippen LogP contribution in [0.5, 0.6) is 0 Å². The van der Waals surface area contributed by atoms with E-state index in [-0.39, 0.29) is 0 Å². The fourth-order valence-corrected chi connectivity index (χ4v) is 2.90. The van der Waals surface area contributed by atoms with Crippen LogP contribution in [0, 0.1) is 13.8 Å². The molecule has 104 valence electrons. The molecule has 1 N–H and O–H groups in total. The van der Waals surface area contributed by atoms with E-state index in [0.29, 0.717) is 5.92 Å². The van der Waals surface area contributed by atoms with Gasteiger partial charge in [0, 0.05) is 23.7 Å². The van der Waals surface area contributed by atoms with Gasteiger partial charge < -0.3 is 5.32 Å². The highest BCUT2D eigenvalue weighted by molar-refractivity contribution is 5.63. The van der Waals surface area contributed by atoms with Crippen molar-refractivity contribution >= 4 is 0 Å². The topological polar surface area (TPSA) is 37.8 Å². The van der Waals surface area contributed by atoms with Crippen molar-refractivity contribution in [1.82, 2.24) is 15.3 Å². The molecule has 0 unspecified atom stereocenters. The average molecular weight is 267 g/mol. The number of rotatable bonds is 2. The van der Waals surface area contributed by atoms with Crippen LogP contribution in [-0.4, -0.2) is 23.1 Å². The van der Waals surface area contributed by atoms with E-state index in [9.17, 15) is 0 Å². The van der Waals surface area contributed by atoms with E-state index >= 15 is 0 Å². The summed E-state index contributed by atoms with van der Waals surface area (Å²) in [6.07, 6.45) is 2.45.